The molecule has 12 rings (SSSR count). The molecule has 4 heterocycles. The monoisotopic (exact) mass is 1140 g/mol. The molecule has 2 saturated carbocycles. The Labute approximate surface area is 496 Å². The van der Waals surface area contributed by atoms with E-state index in [0.29, 0.717) is 31.4 Å². The number of aryl methyl sites for hydroxylation is 4. The summed E-state index contributed by atoms with van der Waals surface area (Å²) in [7, 11) is 3.78. The molecule has 0 bridgehead atoms. The van der Waals surface area contributed by atoms with E-state index in [1.54, 1.807) is 59.5 Å². The Morgan fingerprint density at radius 3 is 1.53 bits per heavy atom. The summed E-state index contributed by atoms with van der Waals surface area (Å²) in [5.74, 6) is -0.859. The molecule has 0 unspecified atom stereocenters. The summed E-state index contributed by atoms with van der Waals surface area (Å²) < 4.78 is 32.6. The van der Waals surface area contributed by atoms with Crippen LogP contribution in [0, 0.1) is 31.4 Å². The number of rotatable bonds is 16. The SMILES string of the molecule is Cc1cc(-c2nn(C)c3ccc(C(=O)C[C@@H]4CCC[C@](Cc5ccccc5F)(NCc5ccccc5)C4)cc23)ccn1.Cc1cc(-c2nn(C)c3ccc(C(=O)O)cc23)ccn1.N[C@@H]1CCC[C@](Cc2ccccc2F)(NCc2ccccc2)C1. The first-order chi connectivity index (χ1) is 41.1. The van der Waals surface area contributed by atoms with E-state index in [1.165, 1.54) is 11.1 Å². The zero-order chi connectivity index (χ0) is 59.5. The van der Waals surface area contributed by atoms with E-state index in [0.717, 1.165) is 125 Å². The third kappa shape index (κ3) is 14.9. The third-order valence-electron chi connectivity index (χ3n) is 16.9. The van der Waals surface area contributed by atoms with Crippen LogP contribution in [0.1, 0.15) is 112 Å². The van der Waals surface area contributed by atoms with Crippen molar-refractivity contribution in [3.63, 3.8) is 0 Å². The third-order valence-corrected chi connectivity index (χ3v) is 16.9. The Hall–Kier alpha value is -8.56. The number of carbonyl (C=O) groups is 2. The van der Waals surface area contributed by atoms with Gasteiger partial charge in [0.15, 0.2) is 5.78 Å². The summed E-state index contributed by atoms with van der Waals surface area (Å²) in [6.45, 7) is 5.39. The number of carboxylic acid groups (broad SMARTS) is 1. The molecule has 6 aromatic carbocycles. The van der Waals surface area contributed by atoms with Crippen molar-refractivity contribution in [2.24, 2.45) is 25.7 Å². The lowest BCUT2D eigenvalue weighted by Crippen LogP contribution is -2.53. The largest absolute Gasteiger partial charge is 0.478 e. The van der Waals surface area contributed by atoms with Crippen LogP contribution in [0.2, 0.25) is 0 Å². The number of nitrogens with one attached hydrogen (secondary N) is 2. The Morgan fingerprint density at radius 2 is 1.05 bits per heavy atom. The van der Waals surface area contributed by atoms with E-state index >= 15 is 0 Å². The predicted octanol–water partition coefficient (Wildman–Crippen LogP) is 14.1. The first-order valence-corrected chi connectivity index (χ1v) is 29.5. The van der Waals surface area contributed by atoms with Crippen molar-refractivity contribution in [1.29, 1.82) is 0 Å². The Bertz CT molecular complexity index is 3920. The first kappa shape index (κ1) is 59.6. The minimum Gasteiger partial charge on any atom is -0.478 e. The smallest absolute Gasteiger partial charge is 0.335 e. The maximum atomic E-state index is 14.8. The van der Waals surface area contributed by atoms with Crippen LogP contribution in [0.15, 0.2) is 182 Å². The summed E-state index contributed by atoms with van der Waals surface area (Å²) in [5.41, 5.74) is 18.1. The van der Waals surface area contributed by atoms with Crippen LogP contribution in [0.4, 0.5) is 8.78 Å². The molecule has 4 aromatic heterocycles. The van der Waals surface area contributed by atoms with Crippen LogP contribution < -0.4 is 16.4 Å². The molecule has 0 aliphatic heterocycles. The van der Waals surface area contributed by atoms with Crippen LogP contribution in [0.25, 0.3) is 44.3 Å². The molecule has 2 aliphatic carbocycles. The molecule has 0 saturated heterocycles. The summed E-state index contributed by atoms with van der Waals surface area (Å²) in [5, 5.41) is 27.7. The van der Waals surface area contributed by atoms with E-state index in [4.69, 9.17) is 15.9 Å². The summed E-state index contributed by atoms with van der Waals surface area (Å²) >= 11 is 0. The highest BCUT2D eigenvalue weighted by molar-refractivity contribution is 6.03. The number of aromatic nitrogens is 6. The minimum absolute atomic E-state index is 0.115. The van der Waals surface area contributed by atoms with Gasteiger partial charge in [0.1, 0.15) is 23.0 Å². The van der Waals surface area contributed by atoms with Crippen molar-refractivity contribution in [2.45, 2.75) is 115 Å². The van der Waals surface area contributed by atoms with Crippen molar-refractivity contribution >= 4 is 33.6 Å². The fraction of sp³-hybridized carbons (Fsp3) is 0.296. The van der Waals surface area contributed by atoms with Crippen molar-refractivity contribution in [2.75, 3.05) is 0 Å². The zero-order valence-electron chi connectivity index (χ0n) is 48.9. The number of fused-ring (bicyclic) bond motifs is 2. The molecule has 2 fully saturated rings. The topological polar surface area (TPSA) is 166 Å². The first-order valence-electron chi connectivity index (χ1n) is 29.5. The molecule has 436 valence electrons. The molecule has 5 N–H and O–H groups in total. The van der Waals surface area contributed by atoms with Crippen molar-refractivity contribution in [3.05, 3.63) is 239 Å². The number of carbonyl (C=O) groups excluding carboxylic acids is 1. The van der Waals surface area contributed by atoms with Crippen LogP contribution in [-0.2, 0) is 40.0 Å². The Morgan fingerprint density at radius 1 is 0.588 bits per heavy atom. The number of Topliss-reactive ketones (excluding diaryl/α,β-unsaturated/α-hetero) is 1. The number of hydrogen-bond acceptors (Lipinski definition) is 9. The number of hydrogen-bond donors (Lipinski definition) is 4. The number of benzene rings is 6. The predicted molar refractivity (Wildman–Crippen MR) is 334 cm³/mol. The molecule has 0 amide bonds. The van der Waals surface area contributed by atoms with Gasteiger partial charge in [-0.2, -0.15) is 10.2 Å². The highest BCUT2D eigenvalue weighted by Gasteiger charge is 2.38. The lowest BCUT2D eigenvalue weighted by molar-refractivity contribution is 0.0696. The van der Waals surface area contributed by atoms with Gasteiger partial charge in [0.25, 0.3) is 0 Å². The number of aromatic carboxylic acids is 1. The average molecular weight is 1140 g/mol. The maximum absolute atomic E-state index is 14.8. The maximum Gasteiger partial charge on any atom is 0.335 e. The van der Waals surface area contributed by atoms with E-state index < -0.39 is 5.97 Å². The molecule has 85 heavy (non-hydrogen) atoms. The molecular formula is C71H75F2N9O3. The van der Waals surface area contributed by atoms with Crippen molar-refractivity contribution < 1.29 is 23.5 Å². The van der Waals surface area contributed by atoms with Gasteiger partial charge in [-0.15, -0.1) is 0 Å². The molecular weight excluding hydrogens is 1060 g/mol. The summed E-state index contributed by atoms with van der Waals surface area (Å²) in [4.78, 5) is 33.4. The summed E-state index contributed by atoms with van der Waals surface area (Å²) in [6, 6.07) is 53.8. The van der Waals surface area contributed by atoms with Gasteiger partial charge >= 0.3 is 5.97 Å². The average Bonchev–Trinajstić information content (AvgIpc) is 2.46. The van der Waals surface area contributed by atoms with Gasteiger partial charge in [-0.1, -0.05) is 110 Å². The van der Waals surface area contributed by atoms with Gasteiger partial charge in [0, 0.05) is 102 Å². The van der Waals surface area contributed by atoms with Crippen LogP contribution >= 0.6 is 0 Å². The van der Waals surface area contributed by atoms with Gasteiger partial charge in [-0.3, -0.25) is 24.1 Å². The van der Waals surface area contributed by atoms with Crippen LogP contribution in [0.5, 0.6) is 0 Å². The van der Waals surface area contributed by atoms with Crippen LogP contribution in [0.3, 0.4) is 0 Å². The highest BCUT2D eigenvalue weighted by Crippen LogP contribution is 2.39. The molecule has 12 nitrogen and oxygen atoms in total. The van der Waals surface area contributed by atoms with Crippen LogP contribution in [-0.4, -0.2) is 63.5 Å². The molecule has 14 heteroatoms. The number of nitrogens with two attached hydrogens (primary N) is 1. The number of halogens is 2. The molecule has 2 aliphatic rings. The molecule has 4 atom stereocenters. The van der Waals surface area contributed by atoms with E-state index in [2.05, 4.69) is 50.0 Å². The van der Waals surface area contributed by atoms with Crippen molar-refractivity contribution in [1.82, 2.24) is 40.2 Å². The van der Waals surface area contributed by atoms with Gasteiger partial charge < -0.3 is 21.5 Å². The standard InChI is InChI=1S/C36H37FN4O.C20H25FN2.C15H13N3O2/c1-25-19-29(16-18-38-25)35-31-21-28(14-15-33(31)41(2)40-35)34(42)20-27-11-8-17-36(22-27,23-30-12-6-7-13-32(30)37)39-24-26-9-4-3-5-10-26;21-19-11-5-4-9-17(19)13-20(12-6-10-18(22)14-20)23-15-16-7-2-1-3-8-16;1-9-7-10(5-6-16-9)14-12-8-11(15(19)20)3-4-13(12)18(2)17-14/h3-7,9-10,12-16,18-19,21,27,39H,8,11,17,20,22-24H2,1-2H3;1-5,7-9,11,18,23H,6,10,12-15,22H2;3-8H,1-2H3,(H,19,20)/t27-,36-;18-,20-;/m01./s1. The van der Waals surface area contributed by atoms with Gasteiger partial charge in [-0.25, -0.2) is 13.6 Å². The van der Waals surface area contributed by atoms with Crippen molar-refractivity contribution in [3.8, 4) is 22.5 Å². The van der Waals surface area contributed by atoms with Gasteiger partial charge in [0.05, 0.1) is 16.6 Å². The quantitative estimate of drug-likeness (QED) is 0.0684. The molecule has 0 spiro atoms. The van der Waals surface area contributed by atoms with E-state index in [1.807, 2.05) is 136 Å². The number of pyridine rings is 2. The van der Waals surface area contributed by atoms with Gasteiger partial charge in [-0.05, 0) is 166 Å². The Balaban J connectivity index is 0.000000157. The fourth-order valence-corrected chi connectivity index (χ4v) is 12.6. The fourth-order valence-electron chi connectivity index (χ4n) is 12.6. The molecule has 0 radical (unpaired) electrons. The minimum atomic E-state index is -0.937. The lowest BCUT2D eigenvalue weighted by atomic mass is 9.71. The number of carboxylic acids is 1. The van der Waals surface area contributed by atoms with E-state index in [9.17, 15) is 18.4 Å². The van der Waals surface area contributed by atoms with Gasteiger partial charge in [0.2, 0.25) is 0 Å². The normalized spacial score (nSPS) is 18.5. The lowest BCUT2D eigenvalue weighted by Gasteiger charge is -2.42. The second-order valence-electron chi connectivity index (χ2n) is 23.3. The number of ketones is 1. The second-order valence-corrected chi connectivity index (χ2v) is 23.3. The number of nitrogens with zero attached hydrogens (tertiary/aromatic N) is 6. The van der Waals surface area contributed by atoms with E-state index in [-0.39, 0.29) is 46.0 Å². The zero-order valence-corrected chi connectivity index (χ0v) is 48.9. The second kappa shape index (κ2) is 27.0. The highest BCUT2D eigenvalue weighted by atomic mass is 19.1. The molecule has 10 aromatic rings. The summed E-state index contributed by atoms with van der Waals surface area (Å²) in [6.07, 6.45) is 13.2. The Kier molecular flexibility index (Phi) is 18.9.